The number of benzene rings is 1. The van der Waals surface area contributed by atoms with E-state index in [0.29, 0.717) is 0 Å². The molecule has 114 valence electrons. The molecule has 2 nitrogen and oxygen atoms in total. The zero-order valence-corrected chi connectivity index (χ0v) is 13.8. The summed E-state index contributed by atoms with van der Waals surface area (Å²) in [6.45, 7) is 13.0. The van der Waals surface area contributed by atoms with Crippen LogP contribution in [0.5, 0.6) is 5.75 Å². The van der Waals surface area contributed by atoms with Crippen LogP contribution in [0.3, 0.4) is 0 Å². The molecule has 0 aliphatic heterocycles. The lowest BCUT2D eigenvalue weighted by Crippen LogP contribution is -2.29. The number of hydrogen-bond acceptors (Lipinski definition) is 2. The predicted octanol–water partition coefficient (Wildman–Crippen LogP) is 4.53. The van der Waals surface area contributed by atoms with Crippen LogP contribution in [0.4, 0.5) is 0 Å². The largest absolute Gasteiger partial charge is 0.489 e. The summed E-state index contributed by atoms with van der Waals surface area (Å²) in [6.07, 6.45) is 4.03. The lowest BCUT2D eigenvalue weighted by Gasteiger charge is -2.20. The van der Waals surface area contributed by atoms with E-state index in [-0.39, 0.29) is 11.5 Å². The summed E-state index contributed by atoms with van der Waals surface area (Å²) in [7, 11) is 0. The van der Waals surface area contributed by atoms with Gasteiger partial charge in [0.05, 0.1) is 0 Å². The van der Waals surface area contributed by atoms with Gasteiger partial charge in [0.2, 0.25) is 0 Å². The summed E-state index contributed by atoms with van der Waals surface area (Å²) in [5, 5.41) is 3.45. The number of rotatable bonds is 8. The minimum Gasteiger partial charge on any atom is -0.489 e. The lowest BCUT2D eigenvalue weighted by atomic mass is 9.87. The van der Waals surface area contributed by atoms with Crippen LogP contribution < -0.4 is 10.1 Å². The predicted molar refractivity (Wildman–Crippen MR) is 87.6 cm³/mol. The van der Waals surface area contributed by atoms with Crippen LogP contribution in [0, 0.1) is 0 Å². The van der Waals surface area contributed by atoms with Gasteiger partial charge in [0.1, 0.15) is 11.9 Å². The SMILES string of the molecule is CCCCCNCC(C)Oc1ccc(C(C)(C)C)cc1. The van der Waals surface area contributed by atoms with Crippen LogP contribution in [0.1, 0.15) is 59.4 Å². The van der Waals surface area contributed by atoms with Crippen LogP contribution in [-0.2, 0) is 5.41 Å². The van der Waals surface area contributed by atoms with Gasteiger partial charge < -0.3 is 10.1 Å². The summed E-state index contributed by atoms with van der Waals surface area (Å²) in [6, 6.07) is 8.48. The molecule has 0 saturated carbocycles. The lowest BCUT2D eigenvalue weighted by molar-refractivity contribution is 0.217. The minimum atomic E-state index is 0.199. The van der Waals surface area contributed by atoms with Gasteiger partial charge in [-0.3, -0.25) is 0 Å². The van der Waals surface area contributed by atoms with Crippen LogP contribution in [-0.4, -0.2) is 19.2 Å². The van der Waals surface area contributed by atoms with Gasteiger partial charge in [-0.25, -0.2) is 0 Å². The Bertz CT molecular complexity index is 364. The third-order valence-electron chi connectivity index (χ3n) is 3.45. The van der Waals surface area contributed by atoms with Crippen LogP contribution >= 0.6 is 0 Å². The fourth-order valence-corrected chi connectivity index (χ4v) is 2.11. The van der Waals surface area contributed by atoms with E-state index in [2.05, 4.69) is 64.2 Å². The van der Waals surface area contributed by atoms with Crippen LogP contribution in [0.25, 0.3) is 0 Å². The number of hydrogen-bond donors (Lipinski definition) is 1. The molecule has 1 rings (SSSR count). The highest BCUT2D eigenvalue weighted by molar-refractivity contribution is 5.31. The first-order chi connectivity index (χ1) is 9.43. The highest BCUT2D eigenvalue weighted by Crippen LogP contribution is 2.24. The van der Waals surface area contributed by atoms with E-state index in [9.17, 15) is 0 Å². The molecule has 0 spiro atoms. The third-order valence-corrected chi connectivity index (χ3v) is 3.45. The average Bonchev–Trinajstić information content (AvgIpc) is 2.38. The van der Waals surface area contributed by atoms with Gasteiger partial charge in [0, 0.05) is 6.54 Å². The monoisotopic (exact) mass is 277 g/mol. The molecule has 1 atom stereocenters. The molecular formula is C18H31NO. The fraction of sp³-hybridized carbons (Fsp3) is 0.667. The van der Waals surface area contributed by atoms with Gasteiger partial charge in [0.15, 0.2) is 0 Å². The van der Waals surface area contributed by atoms with Crippen molar-refractivity contribution in [3.63, 3.8) is 0 Å². The molecule has 0 fully saturated rings. The van der Waals surface area contributed by atoms with Crippen molar-refractivity contribution < 1.29 is 4.74 Å². The van der Waals surface area contributed by atoms with Crippen molar-refractivity contribution in [1.82, 2.24) is 5.32 Å². The van der Waals surface area contributed by atoms with Gasteiger partial charge in [-0.05, 0) is 43.0 Å². The molecule has 0 aliphatic carbocycles. The molecule has 0 bridgehead atoms. The molecule has 0 saturated heterocycles. The van der Waals surface area contributed by atoms with E-state index in [1.807, 2.05) is 0 Å². The second-order valence-electron chi connectivity index (χ2n) is 6.61. The van der Waals surface area contributed by atoms with Crippen molar-refractivity contribution in [3.8, 4) is 5.75 Å². The molecular weight excluding hydrogens is 246 g/mol. The van der Waals surface area contributed by atoms with E-state index in [4.69, 9.17) is 4.74 Å². The van der Waals surface area contributed by atoms with Gasteiger partial charge in [-0.2, -0.15) is 0 Å². The maximum atomic E-state index is 5.93. The highest BCUT2D eigenvalue weighted by Gasteiger charge is 2.13. The Morgan fingerprint density at radius 2 is 1.75 bits per heavy atom. The first-order valence-corrected chi connectivity index (χ1v) is 7.91. The van der Waals surface area contributed by atoms with Crippen molar-refractivity contribution in [2.45, 2.75) is 65.4 Å². The number of unbranched alkanes of at least 4 members (excludes halogenated alkanes) is 2. The topological polar surface area (TPSA) is 21.3 Å². The Kier molecular flexibility index (Phi) is 7.08. The Labute approximate surface area is 124 Å². The number of ether oxygens (including phenoxy) is 1. The second kappa shape index (κ2) is 8.31. The summed E-state index contributed by atoms with van der Waals surface area (Å²) < 4.78 is 5.93. The third kappa shape index (κ3) is 6.42. The van der Waals surface area contributed by atoms with Gasteiger partial charge in [-0.1, -0.05) is 52.7 Å². The summed E-state index contributed by atoms with van der Waals surface area (Å²) >= 11 is 0. The maximum absolute atomic E-state index is 5.93. The van der Waals surface area contributed by atoms with Gasteiger partial charge >= 0.3 is 0 Å². The van der Waals surface area contributed by atoms with E-state index in [1.54, 1.807) is 0 Å². The molecule has 0 heterocycles. The standard InChI is InChI=1S/C18H31NO/c1-6-7-8-13-19-14-15(2)20-17-11-9-16(10-12-17)18(3,4)5/h9-12,15,19H,6-8,13-14H2,1-5H3. The molecule has 1 N–H and O–H groups in total. The summed E-state index contributed by atoms with van der Waals surface area (Å²) in [5.74, 6) is 0.959. The first kappa shape index (κ1) is 17.0. The Morgan fingerprint density at radius 3 is 2.30 bits per heavy atom. The van der Waals surface area contributed by atoms with Crippen molar-refractivity contribution >= 4 is 0 Å². The zero-order valence-electron chi connectivity index (χ0n) is 13.8. The van der Waals surface area contributed by atoms with E-state index in [0.717, 1.165) is 18.8 Å². The van der Waals surface area contributed by atoms with Gasteiger partial charge in [0.25, 0.3) is 0 Å². The maximum Gasteiger partial charge on any atom is 0.119 e. The number of nitrogens with one attached hydrogen (secondary N) is 1. The van der Waals surface area contributed by atoms with Crippen molar-refractivity contribution in [2.24, 2.45) is 0 Å². The smallest absolute Gasteiger partial charge is 0.119 e. The van der Waals surface area contributed by atoms with E-state index >= 15 is 0 Å². The van der Waals surface area contributed by atoms with E-state index < -0.39 is 0 Å². The summed E-state index contributed by atoms with van der Waals surface area (Å²) in [4.78, 5) is 0. The second-order valence-corrected chi connectivity index (χ2v) is 6.61. The molecule has 0 aliphatic rings. The molecule has 2 heteroatoms. The minimum absolute atomic E-state index is 0.199. The first-order valence-electron chi connectivity index (χ1n) is 7.91. The van der Waals surface area contributed by atoms with Crippen LogP contribution in [0.15, 0.2) is 24.3 Å². The average molecular weight is 277 g/mol. The van der Waals surface area contributed by atoms with E-state index in [1.165, 1.54) is 24.8 Å². The molecule has 1 aromatic carbocycles. The van der Waals surface area contributed by atoms with Crippen LogP contribution in [0.2, 0.25) is 0 Å². The quantitative estimate of drug-likeness (QED) is 0.705. The molecule has 0 amide bonds. The normalized spacial score (nSPS) is 13.2. The van der Waals surface area contributed by atoms with Crippen molar-refractivity contribution in [2.75, 3.05) is 13.1 Å². The molecule has 1 unspecified atom stereocenters. The van der Waals surface area contributed by atoms with Crippen molar-refractivity contribution in [3.05, 3.63) is 29.8 Å². The fourth-order valence-electron chi connectivity index (χ4n) is 2.11. The molecule has 20 heavy (non-hydrogen) atoms. The Balaban J connectivity index is 2.33. The Hall–Kier alpha value is -1.02. The highest BCUT2D eigenvalue weighted by atomic mass is 16.5. The summed E-state index contributed by atoms with van der Waals surface area (Å²) in [5.41, 5.74) is 1.54. The van der Waals surface area contributed by atoms with Crippen molar-refractivity contribution in [1.29, 1.82) is 0 Å². The molecule has 0 aromatic heterocycles. The Morgan fingerprint density at radius 1 is 1.10 bits per heavy atom. The zero-order chi connectivity index (χ0) is 15.0. The molecule has 0 radical (unpaired) electrons. The molecule has 1 aromatic rings. The van der Waals surface area contributed by atoms with Gasteiger partial charge in [-0.15, -0.1) is 0 Å².